The number of hydrogen-bond acceptors (Lipinski definition) is 2. The molecular formula is C18H28N2O. The van der Waals surface area contributed by atoms with Gasteiger partial charge in [0, 0.05) is 13.6 Å². The van der Waals surface area contributed by atoms with Gasteiger partial charge in [0.15, 0.2) is 0 Å². The number of amides is 1. The van der Waals surface area contributed by atoms with Crippen molar-refractivity contribution in [1.82, 2.24) is 10.2 Å². The lowest BCUT2D eigenvalue weighted by molar-refractivity contribution is -0.137. The number of benzene rings is 1. The summed E-state index contributed by atoms with van der Waals surface area (Å²) in [5.41, 5.74) is 0.839. The van der Waals surface area contributed by atoms with Gasteiger partial charge in [-0.25, -0.2) is 0 Å². The number of carbonyl (C=O) groups excluding carboxylic acids is 1. The number of likely N-dealkylation sites (N-methyl/N-ethyl adjacent to an activating group) is 1. The zero-order valence-corrected chi connectivity index (χ0v) is 13.6. The lowest BCUT2D eigenvalue weighted by Crippen LogP contribution is -2.51. The van der Waals surface area contributed by atoms with E-state index in [1.807, 2.05) is 30.1 Å². The molecule has 0 atom stereocenters. The van der Waals surface area contributed by atoms with E-state index in [4.69, 9.17) is 0 Å². The highest BCUT2D eigenvalue weighted by Gasteiger charge is 2.42. The highest BCUT2D eigenvalue weighted by atomic mass is 16.2. The van der Waals surface area contributed by atoms with Gasteiger partial charge in [0.1, 0.15) is 0 Å². The third kappa shape index (κ3) is 3.65. The number of nitrogens with zero attached hydrogens (tertiary/aromatic N) is 1. The first kappa shape index (κ1) is 16.0. The van der Waals surface area contributed by atoms with E-state index >= 15 is 0 Å². The molecule has 3 nitrogen and oxygen atoms in total. The lowest BCUT2D eigenvalue weighted by atomic mass is 9.72. The molecule has 1 N–H and O–H groups in total. The Bertz CT molecular complexity index is 450. The van der Waals surface area contributed by atoms with Crippen LogP contribution in [-0.2, 0) is 10.2 Å². The van der Waals surface area contributed by atoms with E-state index in [0.717, 1.165) is 38.9 Å². The van der Waals surface area contributed by atoms with Crippen LogP contribution >= 0.6 is 0 Å². The summed E-state index contributed by atoms with van der Waals surface area (Å²) in [6.07, 6.45) is 2.84. The van der Waals surface area contributed by atoms with Crippen molar-refractivity contribution < 1.29 is 4.79 Å². The van der Waals surface area contributed by atoms with Crippen LogP contribution in [0.15, 0.2) is 30.3 Å². The molecule has 0 spiro atoms. The summed E-state index contributed by atoms with van der Waals surface area (Å²) in [4.78, 5) is 15.1. The van der Waals surface area contributed by atoms with Gasteiger partial charge in [-0.15, -0.1) is 0 Å². The monoisotopic (exact) mass is 288 g/mol. The Kier molecular flexibility index (Phi) is 5.40. The molecule has 2 rings (SSSR count). The molecule has 3 heteroatoms. The predicted molar refractivity (Wildman–Crippen MR) is 87.3 cm³/mol. The summed E-state index contributed by atoms with van der Waals surface area (Å²) in [7, 11) is 1.96. The zero-order chi connectivity index (χ0) is 15.3. The SMILES string of the molecule is CC(C)CCN(C)C(=O)C1(c2ccccc2)CCNCC1. The molecule has 1 saturated heterocycles. The van der Waals surface area contributed by atoms with Gasteiger partial charge in [0.25, 0.3) is 0 Å². The van der Waals surface area contributed by atoms with Crippen molar-refractivity contribution in [2.24, 2.45) is 5.92 Å². The summed E-state index contributed by atoms with van der Waals surface area (Å²) < 4.78 is 0. The Hall–Kier alpha value is -1.35. The average molecular weight is 288 g/mol. The van der Waals surface area contributed by atoms with Crippen molar-refractivity contribution >= 4 is 5.91 Å². The molecule has 0 saturated carbocycles. The Morgan fingerprint density at radius 3 is 2.43 bits per heavy atom. The molecular weight excluding hydrogens is 260 g/mol. The van der Waals surface area contributed by atoms with Crippen LogP contribution in [-0.4, -0.2) is 37.5 Å². The largest absolute Gasteiger partial charge is 0.345 e. The first-order valence-corrected chi connectivity index (χ1v) is 8.08. The molecule has 1 aromatic carbocycles. The van der Waals surface area contributed by atoms with Gasteiger partial charge in [0.05, 0.1) is 5.41 Å². The molecule has 116 valence electrons. The Balaban J connectivity index is 2.21. The molecule has 0 unspecified atom stereocenters. The number of piperidine rings is 1. The van der Waals surface area contributed by atoms with Gasteiger partial charge in [-0.1, -0.05) is 44.2 Å². The minimum absolute atomic E-state index is 0.288. The van der Waals surface area contributed by atoms with Crippen LogP contribution in [0, 0.1) is 5.92 Å². The zero-order valence-electron chi connectivity index (χ0n) is 13.6. The second kappa shape index (κ2) is 7.08. The number of rotatable bonds is 5. The van der Waals surface area contributed by atoms with Crippen LogP contribution in [0.2, 0.25) is 0 Å². The molecule has 0 aliphatic carbocycles. The summed E-state index contributed by atoms with van der Waals surface area (Å²) in [5.74, 6) is 0.914. The van der Waals surface area contributed by atoms with Crippen molar-refractivity contribution in [2.75, 3.05) is 26.7 Å². The molecule has 21 heavy (non-hydrogen) atoms. The fraction of sp³-hybridized carbons (Fsp3) is 0.611. The maximum atomic E-state index is 13.1. The summed E-state index contributed by atoms with van der Waals surface area (Å²) in [6, 6.07) is 10.3. The average Bonchev–Trinajstić information content (AvgIpc) is 2.53. The standard InChI is InChI=1S/C18H28N2O/c1-15(2)9-14-20(3)17(21)18(10-12-19-13-11-18)16-7-5-4-6-8-16/h4-8,15,19H,9-14H2,1-3H3. The Morgan fingerprint density at radius 2 is 1.86 bits per heavy atom. The van der Waals surface area contributed by atoms with Gasteiger partial charge in [-0.05, 0) is 43.8 Å². The predicted octanol–water partition coefficient (Wildman–Crippen LogP) is 2.81. The molecule has 1 amide bonds. The molecule has 1 aliphatic heterocycles. The summed E-state index contributed by atoms with van der Waals surface area (Å²) in [5, 5.41) is 3.38. The van der Waals surface area contributed by atoms with E-state index in [2.05, 4.69) is 31.3 Å². The normalized spacial score (nSPS) is 17.7. The first-order valence-electron chi connectivity index (χ1n) is 8.08. The molecule has 1 aromatic rings. The number of hydrogen-bond donors (Lipinski definition) is 1. The maximum absolute atomic E-state index is 13.1. The van der Waals surface area contributed by atoms with Gasteiger partial charge >= 0.3 is 0 Å². The van der Waals surface area contributed by atoms with Crippen LogP contribution < -0.4 is 5.32 Å². The van der Waals surface area contributed by atoms with Crippen LogP contribution in [0.25, 0.3) is 0 Å². The molecule has 1 heterocycles. The number of nitrogens with one attached hydrogen (secondary N) is 1. The molecule has 0 aromatic heterocycles. The van der Waals surface area contributed by atoms with E-state index in [1.54, 1.807) is 0 Å². The van der Waals surface area contributed by atoms with E-state index in [-0.39, 0.29) is 11.3 Å². The van der Waals surface area contributed by atoms with Crippen molar-refractivity contribution in [2.45, 2.75) is 38.5 Å². The minimum Gasteiger partial charge on any atom is -0.345 e. The van der Waals surface area contributed by atoms with E-state index in [1.165, 1.54) is 5.56 Å². The summed E-state index contributed by atoms with van der Waals surface area (Å²) in [6.45, 7) is 7.08. The van der Waals surface area contributed by atoms with Crippen molar-refractivity contribution in [3.05, 3.63) is 35.9 Å². The van der Waals surface area contributed by atoms with E-state index in [9.17, 15) is 4.79 Å². The number of carbonyl (C=O) groups is 1. The van der Waals surface area contributed by atoms with Crippen LogP contribution in [0.1, 0.15) is 38.7 Å². The first-order chi connectivity index (χ1) is 10.1. The third-order valence-electron chi connectivity index (χ3n) is 4.58. The highest BCUT2D eigenvalue weighted by Crippen LogP contribution is 2.35. The van der Waals surface area contributed by atoms with Crippen LogP contribution in [0.5, 0.6) is 0 Å². The van der Waals surface area contributed by atoms with E-state index in [0.29, 0.717) is 5.92 Å². The van der Waals surface area contributed by atoms with Crippen LogP contribution in [0.4, 0.5) is 0 Å². The second-order valence-electron chi connectivity index (χ2n) is 6.61. The minimum atomic E-state index is -0.335. The second-order valence-corrected chi connectivity index (χ2v) is 6.61. The topological polar surface area (TPSA) is 32.3 Å². The van der Waals surface area contributed by atoms with E-state index < -0.39 is 0 Å². The Labute approximate surface area is 128 Å². The highest BCUT2D eigenvalue weighted by molar-refractivity contribution is 5.88. The summed E-state index contributed by atoms with van der Waals surface area (Å²) >= 11 is 0. The lowest BCUT2D eigenvalue weighted by Gasteiger charge is -2.39. The Morgan fingerprint density at radius 1 is 1.24 bits per heavy atom. The van der Waals surface area contributed by atoms with Crippen molar-refractivity contribution in [3.8, 4) is 0 Å². The van der Waals surface area contributed by atoms with Gasteiger partial charge in [-0.3, -0.25) is 4.79 Å². The smallest absolute Gasteiger partial charge is 0.233 e. The molecule has 1 fully saturated rings. The fourth-order valence-corrected chi connectivity index (χ4v) is 3.16. The van der Waals surface area contributed by atoms with Crippen LogP contribution in [0.3, 0.4) is 0 Å². The van der Waals surface area contributed by atoms with Crippen molar-refractivity contribution in [3.63, 3.8) is 0 Å². The quantitative estimate of drug-likeness (QED) is 0.903. The van der Waals surface area contributed by atoms with Gasteiger partial charge in [-0.2, -0.15) is 0 Å². The third-order valence-corrected chi connectivity index (χ3v) is 4.58. The maximum Gasteiger partial charge on any atom is 0.233 e. The molecule has 0 bridgehead atoms. The van der Waals surface area contributed by atoms with Gasteiger partial charge in [0.2, 0.25) is 5.91 Å². The van der Waals surface area contributed by atoms with Crippen molar-refractivity contribution in [1.29, 1.82) is 0 Å². The van der Waals surface area contributed by atoms with Gasteiger partial charge < -0.3 is 10.2 Å². The molecule has 0 radical (unpaired) electrons. The fourth-order valence-electron chi connectivity index (χ4n) is 3.16. The molecule has 1 aliphatic rings.